The summed E-state index contributed by atoms with van der Waals surface area (Å²) in [5.74, 6) is 1.03. The van der Waals surface area contributed by atoms with Gasteiger partial charge in [-0.25, -0.2) is 0 Å². The van der Waals surface area contributed by atoms with Crippen molar-refractivity contribution in [1.29, 1.82) is 0 Å². The van der Waals surface area contributed by atoms with Gasteiger partial charge in [-0.2, -0.15) is 0 Å². The van der Waals surface area contributed by atoms with E-state index in [0.29, 0.717) is 6.04 Å². The number of nitrogens with zero attached hydrogens (tertiary/aromatic N) is 1. The van der Waals surface area contributed by atoms with Gasteiger partial charge >= 0.3 is 0 Å². The van der Waals surface area contributed by atoms with Crippen molar-refractivity contribution in [1.82, 2.24) is 10.2 Å². The Morgan fingerprint density at radius 1 is 1.71 bits per heavy atom. The molecule has 0 bridgehead atoms. The van der Waals surface area contributed by atoms with E-state index in [-0.39, 0.29) is 0 Å². The van der Waals surface area contributed by atoms with E-state index in [0.717, 1.165) is 29.9 Å². The van der Waals surface area contributed by atoms with Crippen molar-refractivity contribution in [2.24, 2.45) is 0 Å². The van der Waals surface area contributed by atoms with E-state index in [1.807, 2.05) is 13.1 Å². The Kier molecular flexibility index (Phi) is 3.26. The highest BCUT2D eigenvalue weighted by atomic mass is 79.9. The molecule has 1 saturated heterocycles. The highest BCUT2D eigenvalue weighted by Gasteiger charge is 2.22. The van der Waals surface area contributed by atoms with E-state index in [1.54, 1.807) is 6.26 Å². The molecule has 2 rings (SSSR count). The minimum absolute atomic E-state index is 0.642. The van der Waals surface area contributed by atoms with Crippen LogP contribution in [0.1, 0.15) is 12.2 Å². The van der Waals surface area contributed by atoms with Crippen LogP contribution in [0, 0.1) is 0 Å². The maximum atomic E-state index is 5.39. The van der Waals surface area contributed by atoms with Gasteiger partial charge in [-0.3, -0.25) is 4.90 Å². The van der Waals surface area contributed by atoms with Gasteiger partial charge < -0.3 is 9.73 Å². The molecule has 0 radical (unpaired) electrons. The van der Waals surface area contributed by atoms with Gasteiger partial charge in [0.05, 0.1) is 17.3 Å². The maximum Gasteiger partial charge on any atom is 0.131 e. The molecule has 14 heavy (non-hydrogen) atoms. The summed E-state index contributed by atoms with van der Waals surface area (Å²) in [7, 11) is 2.02. The predicted octanol–water partition coefficient (Wildman–Crippen LogP) is 1.84. The standard InChI is InChI=1S/C10H15BrN2O/c1-12-8-2-4-13(6-8)7-10-9(11)3-5-14-10/h3,5,8,12H,2,4,6-7H2,1H3. The smallest absolute Gasteiger partial charge is 0.131 e. The van der Waals surface area contributed by atoms with E-state index >= 15 is 0 Å². The quantitative estimate of drug-likeness (QED) is 0.897. The monoisotopic (exact) mass is 258 g/mol. The number of nitrogens with one attached hydrogen (secondary N) is 1. The molecule has 0 saturated carbocycles. The summed E-state index contributed by atoms with van der Waals surface area (Å²) < 4.78 is 6.46. The normalized spacial score (nSPS) is 23.1. The van der Waals surface area contributed by atoms with Crippen LogP contribution in [0.3, 0.4) is 0 Å². The van der Waals surface area contributed by atoms with Crippen molar-refractivity contribution in [2.45, 2.75) is 19.0 Å². The van der Waals surface area contributed by atoms with Crippen LogP contribution in [-0.2, 0) is 6.54 Å². The van der Waals surface area contributed by atoms with Crippen LogP contribution >= 0.6 is 15.9 Å². The summed E-state index contributed by atoms with van der Waals surface area (Å²) in [6.07, 6.45) is 2.96. The molecule has 0 aromatic carbocycles. The average Bonchev–Trinajstić information content (AvgIpc) is 2.77. The largest absolute Gasteiger partial charge is 0.467 e. The van der Waals surface area contributed by atoms with Crippen LogP contribution in [0.4, 0.5) is 0 Å². The second-order valence-electron chi connectivity index (χ2n) is 3.70. The SMILES string of the molecule is CNC1CCN(Cc2occc2Br)C1. The molecule has 0 aliphatic carbocycles. The third kappa shape index (κ3) is 2.19. The molecule has 0 amide bonds. The molecule has 1 aliphatic heterocycles. The molecular weight excluding hydrogens is 244 g/mol. The summed E-state index contributed by atoms with van der Waals surface area (Å²) in [6, 6.07) is 2.59. The van der Waals surface area contributed by atoms with Crippen LogP contribution in [-0.4, -0.2) is 31.1 Å². The Hall–Kier alpha value is -0.320. The minimum atomic E-state index is 0.642. The Labute approximate surface area is 92.6 Å². The number of hydrogen-bond donors (Lipinski definition) is 1. The highest BCUT2D eigenvalue weighted by Crippen LogP contribution is 2.21. The molecule has 1 fully saturated rings. The van der Waals surface area contributed by atoms with Crippen molar-refractivity contribution in [3.63, 3.8) is 0 Å². The molecule has 4 heteroatoms. The van der Waals surface area contributed by atoms with Crippen LogP contribution in [0.5, 0.6) is 0 Å². The number of halogens is 1. The molecule has 0 spiro atoms. The van der Waals surface area contributed by atoms with E-state index in [2.05, 4.69) is 26.1 Å². The molecule has 1 aromatic heterocycles. The molecule has 3 nitrogen and oxygen atoms in total. The van der Waals surface area contributed by atoms with Crippen molar-refractivity contribution in [2.75, 3.05) is 20.1 Å². The number of likely N-dealkylation sites (N-methyl/N-ethyl adjacent to an activating group) is 1. The van der Waals surface area contributed by atoms with Crippen molar-refractivity contribution in [3.05, 3.63) is 22.6 Å². The zero-order valence-electron chi connectivity index (χ0n) is 8.29. The topological polar surface area (TPSA) is 28.4 Å². The lowest BCUT2D eigenvalue weighted by molar-refractivity contribution is 0.290. The number of furan rings is 1. The van der Waals surface area contributed by atoms with Gasteiger partial charge in [0.2, 0.25) is 0 Å². The number of rotatable bonds is 3. The average molecular weight is 259 g/mol. The fraction of sp³-hybridized carbons (Fsp3) is 0.600. The maximum absolute atomic E-state index is 5.39. The molecule has 1 aliphatic rings. The summed E-state index contributed by atoms with van der Waals surface area (Å²) in [4.78, 5) is 2.41. The lowest BCUT2D eigenvalue weighted by Gasteiger charge is -2.14. The van der Waals surface area contributed by atoms with Gasteiger partial charge in [0.25, 0.3) is 0 Å². The van der Waals surface area contributed by atoms with Crippen molar-refractivity contribution in [3.8, 4) is 0 Å². The first-order chi connectivity index (χ1) is 6.79. The zero-order chi connectivity index (χ0) is 9.97. The van der Waals surface area contributed by atoms with Gasteiger partial charge in [0.1, 0.15) is 5.76 Å². The van der Waals surface area contributed by atoms with Gasteiger partial charge in [-0.15, -0.1) is 0 Å². The minimum Gasteiger partial charge on any atom is -0.467 e. The molecule has 78 valence electrons. The molecule has 1 aromatic rings. The fourth-order valence-corrected chi connectivity index (χ4v) is 2.18. The zero-order valence-corrected chi connectivity index (χ0v) is 9.88. The van der Waals surface area contributed by atoms with E-state index in [1.165, 1.54) is 6.42 Å². The van der Waals surface area contributed by atoms with E-state index < -0.39 is 0 Å². The van der Waals surface area contributed by atoms with Crippen molar-refractivity contribution >= 4 is 15.9 Å². The number of likely N-dealkylation sites (tertiary alicyclic amines) is 1. The Morgan fingerprint density at radius 2 is 2.57 bits per heavy atom. The predicted molar refractivity (Wildman–Crippen MR) is 59.1 cm³/mol. The van der Waals surface area contributed by atoms with Crippen LogP contribution in [0.15, 0.2) is 21.2 Å². The summed E-state index contributed by atoms with van der Waals surface area (Å²) >= 11 is 3.47. The van der Waals surface area contributed by atoms with Gasteiger partial charge in [-0.05, 0) is 35.5 Å². The van der Waals surface area contributed by atoms with E-state index in [9.17, 15) is 0 Å². The fourth-order valence-electron chi connectivity index (χ4n) is 1.85. The van der Waals surface area contributed by atoms with Crippen LogP contribution < -0.4 is 5.32 Å². The van der Waals surface area contributed by atoms with Gasteiger partial charge in [0, 0.05) is 19.1 Å². The first-order valence-corrected chi connectivity index (χ1v) is 5.70. The first-order valence-electron chi connectivity index (χ1n) is 4.91. The lowest BCUT2D eigenvalue weighted by Crippen LogP contribution is -2.29. The third-order valence-electron chi connectivity index (χ3n) is 2.74. The van der Waals surface area contributed by atoms with Gasteiger partial charge in [-0.1, -0.05) is 0 Å². The first kappa shape index (κ1) is 10.2. The second-order valence-corrected chi connectivity index (χ2v) is 4.56. The Balaban J connectivity index is 1.90. The summed E-state index contributed by atoms with van der Waals surface area (Å²) in [5.41, 5.74) is 0. The molecule has 1 N–H and O–H groups in total. The Morgan fingerprint density at radius 3 is 3.14 bits per heavy atom. The highest BCUT2D eigenvalue weighted by molar-refractivity contribution is 9.10. The Bertz CT molecular complexity index is 300. The van der Waals surface area contributed by atoms with E-state index in [4.69, 9.17) is 4.42 Å². The van der Waals surface area contributed by atoms with Crippen LogP contribution in [0.2, 0.25) is 0 Å². The lowest BCUT2D eigenvalue weighted by atomic mass is 10.3. The van der Waals surface area contributed by atoms with Crippen LogP contribution in [0.25, 0.3) is 0 Å². The molecule has 1 unspecified atom stereocenters. The second kappa shape index (κ2) is 4.47. The summed E-state index contributed by atoms with van der Waals surface area (Å²) in [5, 5.41) is 3.30. The number of hydrogen-bond acceptors (Lipinski definition) is 3. The molecular formula is C10H15BrN2O. The van der Waals surface area contributed by atoms with Crippen molar-refractivity contribution < 1.29 is 4.42 Å². The molecule has 2 heterocycles. The van der Waals surface area contributed by atoms with Gasteiger partial charge in [0.15, 0.2) is 0 Å². The summed E-state index contributed by atoms with van der Waals surface area (Å²) in [6.45, 7) is 3.17. The molecule has 1 atom stereocenters. The third-order valence-corrected chi connectivity index (χ3v) is 3.45.